The Morgan fingerprint density at radius 2 is 2.29 bits per heavy atom. The molecule has 0 N–H and O–H groups in total. The Kier molecular flexibility index (Phi) is 2.58. The molecule has 1 atom stereocenters. The standard InChI is InChI=1S/C11H13N3/c1-10(14-7-6-12-9-14)8-11-4-2-3-5-13-11/h2-7,9-10H,8H2,1H3. The molecule has 0 amide bonds. The number of hydrogen-bond donors (Lipinski definition) is 0. The van der Waals surface area contributed by atoms with Gasteiger partial charge in [-0.1, -0.05) is 6.07 Å². The van der Waals surface area contributed by atoms with Crippen molar-refractivity contribution in [2.75, 3.05) is 0 Å². The molecular formula is C11H13N3. The van der Waals surface area contributed by atoms with Crippen molar-refractivity contribution in [3.8, 4) is 0 Å². The van der Waals surface area contributed by atoms with E-state index in [2.05, 4.69) is 21.5 Å². The van der Waals surface area contributed by atoms with Gasteiger partial charge in [0.25, 0.3) is 0 Å². The molecule has 72 valence electrons. The van der Waals surface area contributed by atoms with E-state index in [0.29, 0.717) is 6.04 Å². The molecule has 0 radical (unpaired) electrons. The fraction of sp³-hybridized carbons (Fsp3) is 0.273. The summed E-state index contributed by atoms with van der Waals surface area (Å²) in [5, 5.41) is 0. The third kappa shape index (κ3) is 1.99. The molecule has 0 aliphatic rings. The van der Waals surface area contributed by atoms with Gasteiger partial charge in [-0.3, -0.25) is 4.98 Å². The van der Waals surface area contributed by atoms with Crippen molar-refractivity contribution in [3.63, 3.8) is 0 Å². The summed E-state index contributed by atoms with van der Waals surface area (Å²) in [6.07, 6.45) is 8.39. The Balaban J connectivity index is 2.06. The average molecular weight is 187 g/mol. The lowest BCUT2D eigenvalue weighted by molar-refractivity contribution is 0.538. The summed E-state index contributed by atoms with van der Waals surface area (Å²) in [5.41, 5.74) is 1.12. The van der Waals surface area contributed by atoms with Crippen molar-refractivity contribution in [3.05, 3.63) is 48.8 Å². The topological polar surface area (TPSA) is 30.7 Å². The molecule has 2 aromatic rings. The maximum Gasteiger partial charge on any atom is 0.0948 e. The number of aromatic nitrogens is 3. The Morgan fingerprint density at radius 3 is 2.93 bits per heavy atom. The van der Waals surface area contributed by atoms with E-state index in [1.54, 1.807) is 6.20 Å². The van der Waals surface area contributed by atoms with Crippen LogP contribution in [0.2, 0.25) is 0 Å². The van der Waals surface area contributed by atoms with Gasteiger partial charge in [-0.05, 0) is 19.1 Å². The van der Waals surface area contributed by atoms with Crippen LogP contribution in [0.1, 0.15) is 18.7 Å². The van der Waals surface area contributed by atoms with Crippen LogP contribution in [-0.2, 0) is 6.42 Å². The Morgan fingerprint density at radius 1 is 1.36 bits per heavy atom. The van der Waals surface area contributed by atoms with E-state index in [0.717, 1.165) is 12.1 Å². The van der Waals surface area contributed by atoms with E-state index in [1.165, 1.54) is 0 Å². The van der Waals surface area contributed by atoms with E-state index in [1.807, 2.05) is 36.9 Å². The minimum Gasteiger partial charge on any atom is -0.334 e. The van der Waals surface area contributed by atoms with Crippen LogP contribution in [0.4, 0.5) is 0 Å². The molecule has 0 aliphatic heterocycles. The van der Waals surface area contributed by atoms with Crippen molar-refractivity contribution in [2.24, 2.45) is 0 Å². The second-order valence-corrected chi connectivity index (χ2v) is 3.38. The van der Waals surface area contributed by atoms with Crippen LogP contribution in [0.25, 0.3) is 0 Å². The number of rotatable bonds is 3. The van der Waals surface area contributed by atoms with E-state index in [9.17, 15) is 0 Å². The largest absolute Gasteiger partial charge is 0.334 e. The van der Waals surface area contributed by atoms with E-state index < -0.39 is 0 Å². The average Bonchev–Trinajstić information content (AvgIpc) is 2.72. The summed E-state index contributed by atoms with van der Waals surface area (Å²) >= 11 is 0. The summed E-state index contributed by atoms with van der Waals surface area (Å²) < 4.78 is 2.09. The molecule has 0 aliphatic carbocycles. The summed E-state index contributed by atoms with van der Waals surface area (Å²) in [7, 11) is 0. The van der Waals surface area contributed by atoms with Crippen LogP contribution >= 0.6 is 0 Å². The SMILES string of the molecule is CC(Cc1ccccn1)n1ccnc1. The highest BCUT2D eigenvalue weighted by Crippen LogP contribution is 2.10. The molecule has 2 heterocycles. The number of nitrogens with zero attached hydrogens (tertiary/aromatic N) is 3. The Hall–Kier alpha value is -1.64. The van der Waals surface area contributed by atoms with Gasteiger partial charge in [-0.25, -0.2) is 4.98 Å². The summed E-state index contributed by atoms with van der Waals surface area (Å²) in [5.74, 6) is 0. The van der Waals surface area contributed by atoms with Crippen LogP contribution in [0.3, 0.4) is 0 Å². The van der Waals surface area contributed by atoms with Crippen molar-refractivity contribution in [1.29, 1.82) is 0 Å². The van der Waals surface area contributed by atoms with Crippen LogP contribution in [-0.4, -0.2) is 14.5 Å². The fourth-order valence-electron chi connectivity index (χ4n) is 1.46. The highest BCUT2D eigenvalue weighted by molar-refractivity contribution is 5.04. The minimum atomic E-state index is 0.410. The summed E-state index contributed by atoms with van der Waals surface area (Å²) in [4.78, 5) is 8.32. The first-order valence-corrected chi connectivity index (χ1v) is 4.73. The monoisotopic (exact) mass is 187 g/mol. The third-order valence-corrected chi connectivity index (χ3v) is 2.26. The molecule has 14 heavy (non-hydrogen) atoms. The van der Waals surface area contributed by atoms with Gasteiger partial charge in [0.1, 0.15) is 0 Å². The lowest BCUT2D eigenvalue weighted by Crippen LogP contribution is -2.06. The van der Waals surface area contributed by atoms with E-state index in [4.69, 9.17) is 0 Å². The van der Waals surface area contributed by atoms with Gasteiger partial charge < -0.3 is 4.57 Å². The third-order valence-electron chi connectivity index (χ3n) is 2.26. The summed E-state index contributed by atoms with van der Waals surface area (Å²) in [6.45, 7) is 2.16. The predicted octanol–water partition coefficient (Wildman–Crippen LogP) is 2.08. The van der Waals surface area contributed by atoms with E-state index in [-0.39, 0.29) is 0 Å². The van der Waals surface area contributed by atoms with Crippen LogP contribution in [0, 0.1) is 0 Å². The molecule has 1 unspecified atom stereocenters. The van der Waals surface area contributed by atoms with Gasteiger partial charge in [0.15, 0.2) is 0 Å². The zero-order chi connectivity index (χ0) is 9.80. The maximum absolute atomic E-state index is 4.29. The molecule has 3 heteroatoms. The zero-order valence-electron chi connectivity index (χ0n) is 8.17. The molecule has 0 saturated carbocycles. The smallest absolute Gasteiger partial charge is 0.0948 e. The van der Waals surface area contributed by atoms with Gasteiger partial charge in [0.05, 0.1) is 6.33 Å². The van der Waals surface area contributed by atoms with Gasteiger partial charge in [-0.15, -0.1) is 0 Å². The molecule has 3 nitrogen and oxygen atoms in total. The molecule has 0 bridgehead atoms. The highest BCUT2D eigenvalue weighted by atomic mass is 15.0. The number of imidazole rings is 1. The van der Waals surface area contributed by atoms with Crippen molar-refractivity contribution >= 4 is 0 Å². The van der Waals surface area contributed by atoms with Gasteiger partial charge in [0, 0.05) is 36.7 Å². The molecule has 2 aromatic heterocycles. The van der Waals surface area contributed by atoms with Gasteiger partial charge in [-0.2, -0.15) is 0 Å². The van der Waals surface area contributed by atoms with Crippen molar-refractivity contribution in [1.82, 2.24) is 14.5 Å². The molecule has 0 saturated heterocycles. The van der Waals surface area contributed by atoms with Crippen molar-refractivity contribution < 1.29 is 0 Å². The predicted molar refractivity (Wildman–Crippen MR) is 54.9 cm³/mol. The number of hydrogen-bond acceptors (Lipinski definition) is 2. The highest BCUT2D eigenvalue weighted by Gasteiger charge is 2.04. The van der Waals surface area contributed by atoms with E-state index >= 15 is 0 Å². The van der Waals surface area contributed by atoms with Gasteiger partial charge in [0.2, 0.25) is 0 Å². The summed E-state index contributed by atoms with van der Waals surface area (Å²) in [6, 6.07) is 6.41. The molecular weight excluding hydrogens is 174 g/mol. The molecule has 0 spiro atoms. The fourth-order valence-corrected chi connectivity index (χ4v) is 1.46. The molecule has 2 rings (SSSR count). The molecule has 0 aromatic carbocycles. The normalized spacial score (nSPS) is 12.6. The minimum absolute atomic E-state index is 0.410. The zero-order valence-corrected chi connectivity index (χ0v) is 8.17. The van der Waals surface area contributed by atoms with Crippen LogP contribution < -0.4 is 0 Å². The van der Waals surface area contributed by atoms with Crippen LogP contribution in [0.15, 0.2) is 43.1 Å². The Labute approximate surface area is 83.4 Å². The van der Waals surface area contributed by atoms with Crippen LogP contribution in [0.5, 0.6) is 0 Å². The number of pyridine rings is 1. The molecule has 0 fully saturated rings. The second kappa shape index (κ2) is 4.05. The lowest BCUT2D eigenvalue weighted by Gasteiger charge is -2.11. The second-order valence-electron chi connectivity index (χ2n) is 3.38. The first kappa shape index (κ1) is 8.94. The quantitative estimate of drug-likeness (QED) is 0.736. The van der Waals surface area contributed by atoms with Crippen molar-refractivity contribution in [2.45, 2.75) is 19.4 Å². The Bertz CT molecular complexity index is 367. The maximum atomic E-state index is 4.29. The first-order valence-electron chi connectivity index (χ1n) is 4.73. The van der Waals surface area contributed by atoms with Gasteiger partial charge >= 0.3 is 0 Å². The lowest BCUT2D eigenvalue weighted by atomic mass is 10.1. The first-order chi connectivity index (χ1) is 6.86.